The van der Waals surface area contributed by atoms with Crippen LogP contribution in [0, 0.1) is 0 Å². The minimum Gasteiger partial charge on any atom is -0.507 e. The van der Waals surface area contributed by atoms with Crippen LogP contribution in [-0.4, -0.2) is 21.8 Å². The van der Waals surface area contributed by atoms with Gasteiger partial charge in [-0.2, -0.15) is 0 Å². The number of Topliss-reactive ketones (excluding diaryl/α,β-unsaturated/α-hetero) is 1. The number of rotatable bonds is 3. The Bertz CT molecular complexity index is 1160. The third-order valence-electron chi connectivity index (χ3n) is 4.71. The Balaban J connectivity index is 1.93. The van der Waals surface area contributed by atoms with Crippen LogP contribution in [-0.2, 0) is 9.59 Å². The molecule has 1 atom stereocenters. The number of aromatic nitrogens is 1. The molecular formula is C22H13Br3N2O3. The van der Waals surface area contributed by atoms with Gasteiger partial charge in [0.25, 0.3) is 5.78 Å². The van der Waals surface area contributed by atoms with Crippen LogP contribution in [0.5, 0.6) is 0 Å². The summed E-state index contributed by atoms with van der Waals surface area (Å²) in [4.78, 5) is 31.7. The Labute approximate surface area is 197 Å². The number of aliphatic hydroxyl groups is 1. The maximum absolute atomic E-state index is 13.0. The van der Waals surface area contributed by atoms with Crippen molar-refractivity contribution in [1.82, 2.24) is 4.98 Å². The van der Waals surface area contributed by atoms with E-state index in [1.54, 1.807) is 54.7 Å². The monoisotopic (exact) mass is 590 g/mol. The first-order valence-electron chi connectivity index (χ1n) is 8.81. The van der Waals surface area contributed by atoms with Crippen molar-refractivity contribution in [2.45, 2.75) is 6.04 Å². The lowest BCUT2D eigenvalue weighted by Crippen LogP contribution is -2.30. The lowest BCUT2D eigenvalue weighted by atomic mass is 9.95. The maximum Gasteiger partial charge on any atom is 0.301 e. The second kappa shape index (κ2) is 8.45. The lowest BCUT2D eigenvalue weighted by Gasteiger charge is -2.24. The molecule has 1 aliphatic heterocycles. The molecule has 1 saturated heterocycles. The van der Waals surface area contributed by atoms with E-state index in [-0.39, 0.29) is 11.3 Å². The van der Waals surface area contributed by atoms with Crippen LogP contribution in [0.4, 0.5) is 5.82 Å². The minimum atomic E-state index is -0.810. The molecule has 4 rings (SSSR count). The first kappa shape index (κ1) is 21.0. The van der Waals surface area contributed by atoms with Crippen molar-refractivity contribution in [2.75, 3.05) is 4.90 Å². The highest BCUT2D eigenvalue weighted by atomic mass is 79.9. The van der Waals surface area contributed by atoms with E-state index in [0.29, 0.717) is 16.9 Å². The summed E-state index contributed by atoms with van der Waals surface area (Å²) in [7, 11) is 0. The molecule has 5 nitrogen and oxygen atoms in total. The average molecular weight is 593 g/mol. The third kappa shape index (κ3) is 3.87. The van der Waals surface area contributed by atoms with Gasteiger partial charge in [0.05, 0.1) is 11.6 Å². The molecule has 8 heteroatoms. The molecule has 0 aliphatic carbocycles. The predicted molar refractivity (Wildman–Crippen MR) is 125 cm³/mol. The van der Waals surface area contributed by atoms with Crippen LogP contribution in [0.15, 0.2) is 85.9 Å². The number of hydrogen-bond donors (Lipinski definition) is 1. The van der Waals surface area contributed by atoms with Crippen LogP contribution in [0.25, 0.3) is 5.76 Å². The normalized spacial score (nSPS) is 18.1. The van der Waals surface area contributed by atoms with Crippen LogP contribution in [0.2, 0.25) is 0 Å². The molecule has 3 aromatic rings. The summed E-state index contributed by atoms with van der Waals surface area (Å²) in [6.45, 7) is 0. The number of hydrogen-bond acceptors (Lipinski definition) is 4. The van der Waals surface area contributed by atoms with Gasteiger partial charge in [-0.25, -0.2) is 4.98 Å². The van der Waals surface area contributed by atoms with Gasteiger partial charge in [0.2, 0.25) is 0 Å². The van der Waals surface area contributed by atoms with E-state index in [2.05, 4.69) is 52.8 Å². The number of carbonyl (C=O) groups excluding carboxylic acids is 2. The molecule has 0 radical (unpaired) electrons. The Hall–Kier alpha value is -2.29. The zero-order valence-electron chi connectivity index (χ0n) is 15.2. The number of aliphatic hydroxyl groups excluding tert-OH is 1. The number of pyridine rings is 1. The van der Waals surface area contributed by atoms with E-state index >= 15 is 0 Å². The number of nitrogens with zero attached hydrogens (tertiary/aromatic N) is 2. The van der Waals surface area contributed by atoms with Gasteiger partial charge < -0.3 is 5.11 Å². The van der Waals surface area contributed by atoms with Crippen molar-refractivity contribution in [2.24, 2.45) is 0 Å². The molecule has 0 saturated carbocycles. The standard InChI is InChI=1S/C22H13Br3N2O3/c23-14-5-1-12(2-6-14)19-18(20(28)13-3-7-15(24)8-4-13)21(29)22(30)27(19)17-10-9-16(25)11-26-17/h1-11,19,28H/t19-/m0/s1. The SMILES string of the molecule is O=C1C(=O)N(c2ccc(Br)cn2)[C@@H](c2ccc(Br)cc2)C1=C(O)c1ccc(Br)cc1. The van der Waals surface area contributed by atoms with Gasteiger partial charge in [0.15, 0.2) is 0 Å². The first-order valence-corrected chi connectivity index (χ1v) is 11.2. The molecule has 2 heterocycles. The quantitative estimate of drug-likeness (QED) is 0.230. The molecular weight excluding hydrogens is 580 g/mol. The molecule has 1 fully saturated rings. The van der Waals surface area contributed by atoms with Crippen LogP contribution < -0.4 is 4.90 Å². The highest BCUT2D eigenvalue weighted by molar-refractivity contribution is 9.11. The summed E-state index contributed by atoms with van der Waals surface area (Å²) >= 11 is 10.1. The number of halogens is 3. The van der Waals surface area contributed by atoms with Gasteiger partial charge in [-0.3, -0.25) is 14.5 Å². The van der Waals surface area contributed by atoms with Gasteiger partial charge in [0.1, 0.15) is 11.6 Å². The number of amides is 1. The largest absolute Gasteiger partial charge is 0.507 e. The lowest BCUT2D eigenvalue weighted by molar-refractivity contribution is -0.132. The number of carbonyl (C=O) groups is 2. The topological polar surface area (TPSA) is 70.5 Å². The number of benzene rings is 2. The Morgan fingerprint density at radius 2 is 1.40 bits per heavy atom. The van der Waals surface area contributed by atoms with Crippen molar-refractivity contribution in [3.8, 4) is 0 Å². The molecule has 1 aliphatic rings. The molecule has 1 amide bonds. The van der Waals surface area contributed by atoms with Gasteiger partial charge >= 0.3 is 5.91 Å². The summed E-state index contributed by atoms with van der Waals surface area (Å²) in [6, 6.07) is 16.7. The van der Waals surface area contributed by atoms with E-state index in [4.69, 9.17) is 0 Å². The van der Waals surface area contributed by atoms with Crippen molar-refractivity contribution in [3.05, 3.63) is 97.0 Å². The molecule has 0 bridgehead atoms. The Morgan fingerprint density at radius 3 is 1.97 bits per heavy atom. The molecule has 1 aromatic heterocycles. The zero-order valence-corrected chi connectivity index (χ0v) is 20.0. The fraction of sp³-hybridized carbons (Fsp3) is 0.0455. The van der Waals surface area contributed by atoms with E-state index < -0.39 is 17.7 Å². The molecule has 30 heavy (non-hydrogen) atoms. The van der Waals surface area contributed by atoms with Crippen LogP contribution in [0.3, 0.4) is 0 Å². The number of ketones is 1. The van der Waals surface area contributed by atoms with Crippen molar-refractivity contribution >= 4 is 71.1 Å². The third-order valence-corrected chi connectivity index (χ3v) is 6.23. The van der Waals surface area contributed by atoms with E-state index in [1.165, 1.54) is 4.90 Å². The van der Waals surface area contributed by atoms with Gasteiger partial charge in [-0.05, 0) is 57.9 Å². The molecule has 150 valence electrons. The molecule has 1 N–H and O–H groups in total. The Morgan fingerprint density at radius 1 is 0.833 bits per heavy atom. The summed E-state index contributed by atoms with van der Waals surface area (Å²) in [5, 5.41) is 11.0. The van der Waals surface area contributed by atoms with E-state index in [0.717, 1.165) is 13.4 Å². The van der Waals surface area contributed by atoms with Gasteiger partial charge in [-0.1, -0.05) is 56.1 Å². The van der Waals surface area contributed by atoms with Gasteiger partial charge in [0, 0.05) is 25.2 Å². The summed E-state index contributed by atoms with van der Waals surface area (Å²) < 4.78 is 2.44. The summed E-state index contributed by atoms with van der Waals surface area (Å²) in [6.07, 6.45) is 1.56. The van der Waals surface area contributed by atoms with E-state index in [1.807, 2.05) is 12.1 Å². The highest BCUT2D eigenvalue weighted by Crippen LogP contribution is 2.42. The smallest absolute Gasteiger partial charge is 0.301 e. The van der Waals surface area contributed by atoms with Gasteiger partial charge in [-0.15, -0.1) is 0 Å². The van der Waals surface area contributed by atoms with Crippen molar-refractivity contribution in [3.63, 3.8) is 0 Å². The molecule has 0 spiro atoms. The summed E-state index contributed by atoms with van der Waals surface area (Å²) in [5.74, 6) is -1.40. The van der Waals surface area contributed by atoms with Crippen molar-refractivity contribution in [1.29, 1.82) is 0 Å². The number of anilines is 1. The van der Waals surface area contributed by atoms with Crippen LogP contribution in [0.1, 0.15) is 17.2 Å². The van der Waals surface area contributed by atoms with E-state index in [9.17, 15) is 14.7 Å². The minimum absolute atomic E-state index is 0.0226. The highest BCUT2D eigenvalue weighted by Gasteiger charge is 2.47. The predicted octanol–water partition coefficient (Wildman–Crippen LogP) is 6.00. The fourth-order valence-corrected chi connectivity index (χ4v) is 4.07. The molecule has 0 unspecified atom stereocenters. The summed E-state index contributed by atoms with van der Waals surface area (Å²) in [5.41, 5.74) is 1.15. The Kier molecular flexibility index (Phi) is 5.90. The maximum atomic E-state index is 13.0. The second-order valence-electron chi connectivity index (χ2n) is 6.56. The van der Waals surface area contributed by atoms with Crippen LogP contribution >= 0.6 is 47.8 Å². The molecule has 2 aromatic carbocycles. The second-order valence-corrected chi connectivity index (χ2v) is 9.31. The average Bonchev–Trinajstić information content (AvgIpc) is 3.00. The van der Waals surface area contributed by atoms with Crippen molar-refractivity contribution < 1.29 is 14.7 Å². The first-order chi connectivity index (χ1) is 14.4. The fourth-order valence-electron chi connectivity index (χ4n) is 3.30. The zero-order chi connectivity index (χ0) is 21.4.